The van der Waals surface area contributed by atoms with E-state index >= 15 is 0 Å². The molecule has 0 saturated heterocycles. The molecule has 2 nitrogen and oxygen atoms in total. The molecule has 1 N–H and O–H groups in total. The van der Waals surface area contributed by atoms with Crippen molar-refractivity contribution >= 4 is 21.7 Å². The molecule has 0 bridgehead atoms. The van der Waals surface area contributed by atoms with Gasteiger partial charge >= 0.3 is 0 Å². The number of anilines is 1. The summed E-state index contributed by atoms with van der Waals surface area (Å²) < 4.78 is 13.7. The van der Waals surface area contributed by atoms with Gasteiger partial charge in [0.05, 0.1) is 6.20 Å². The van der Waals surface area contributed by atoms with E-state index in [1.807, 2.05) is 31.2 Å². The predicted octanol–water partition coefficient (Wildman–Crippen LogP) is 4.16. The minimum absolute atomic E-state index is 0.116. The van der Waals surface area contributed by atoms with E-state index < -0.39 is 0 Å². The Balaban J connectivity index is 2.11. The average molecular weight is 295 g/mol. The highest BCUT2D eigenvalue weighted by atomic mass is 79.9. The lowest BCUT2D eigenvalue weighted by atomic mass is 10.1. The number of hydrogen-bond donors (Lipinski definition) is 1. The number of halogens is 2. The molecular weight excluding hydrogens is 283 g/mol. The molecule has 2 aromatic rings. The van der Waals surface area contributed by atoms with Gasteiger partial charge in [-0.25, -0.2) is 9.37 Å². The molecule has 0 fully saturated rings. The maximum atomic E-state index is 12.7. The summed E-state index contributed by atoms with van der Waals surface area (Å²) in [5.41, 5.74) is 1.14. The highest BCUT2D eigenvalue weighted by Crippen LogP contribution is 2.21. The number of aromatic nitrogens is 1. The molecule has 1 unspecified atom stereocenters. The van der Waals surface area contributed by atoms with Gasteiger partial charge in [-0.2, -0.15) is 0 Å². The maximum absolute atomic E-state index is 12.7. The van der Waals surface area contributed by atoms with Crippen LogP contribution in [0.5, 0.6) is 0 Å². The summed E-state index contributed by atoms with van der Waals surface area (Å²) >= 11 is 3.43. The summed E-state index contributed by atoms with van der Waals surface area (Å²) in [6, 6.07) is 11.2. The van der Waals surface area contributed by atoms with E-state index in [1.54, 1.807) is 6.07 Å². The van der Waals surface area contributed by atoms with Gasteiger partial charge in [0, 0.05) is 10.5 Å². The molecule has 0 saturated carbocycles. The van der Waals surface area contributed by atoms with Crippen molar-refractivity contribution in [1.29, 1.82) is 0 Å². The molecule has 0 aliphatic carbocycles. The number of hydrogen-bond acceptors (Lipinski definition) is 2. The van der Waals surface area contributed by atoms with E-state index in [0.29, 0.717) is 5.82 Å². The summed E-state index contributed by atoms with van der Waals surface area (Å²) in [4.78, 5) is 3.97. The van der Waals surface area contributed by atoms with Crippen LogP contribution in [0.3, 0.4) is 0 Å². The molecule has 2 rings (SSSR count). The van der Waals surface area contributed by atoms with Crippen LogP contribution < -0.4 is 5.32 Å². The molecule has 1 aromatic carbocycles. The van der Waals surface area contributed by atoms with Crippen LogP contribution in [0.1, 0.15) is 18.5 Å². The Labute approximate surface area is 108 Å². The van der Waals surface area contributed by atoms with Crippen LogP contribution in [-0.4, -0.2) is 4.98 Å². The number of pyridine rings is 1. The third-order valence-electron chi connectivity index (χ3n) is 2.44. The Morgan fingerprint density at radius 2 is 2.12 bits per heavy atom. The van der Waals surface area contributed by atoms with Crippen molar-refractivity contribution in [3.05, 3.63) is 58.4 Å². The Bertz CT molecular complexity index is 499. The Morgan fingerprint density at radius 1 is 1.29 bits per heavy atom. The first kappa shape index (κ1) is 12.0. The molecule has 0 amide bonds. The van der Waals surface area contributed by atoms with Crippen molar-refractivity contribution < 1.29 is 4.39 Å². The monoisotopic (exact) mass is 294 g/mol. The summed E-state index contributed by atoms with van der Waals surface area (Å²) in [5.74, 6) is 0.338. The van der Waals surface area contributed by atoms with E-state index in [1.165, 1.54) is 12.3 Å². The number of rotatable bonds is 3. The normalized spacial score (nSPS) is 12.2. The lowest BCUT2D eigenvalue weighted by molar-refractivity contribution is 0.621. The molecule has 0 radical (unpaired) electrons. The second-order valence-electron chi connectivity index (χ2n) is 3.78. The van der Waals surface area contributed by atoms with Crippen molar-refractivity contribution in [2.24, 2.45) is 0 Å². The lowest BCUT2D eigenvalue weighted by Crippen LogP contribution is -2.07. The second kappa shape index (κ2) is 5.27. The van der Waals surface area contributed by atoms with E-state index in [4.69, 9.17) is 0 Å². The van der Waals surface area contributed by atoms with Gasteiger partial charge in [-0.1, -0.05) is 28.1 Å². The fourth-order valence-electron chi connectivity index (χ4n) is 1.54. The van der Waals surface area contributed by atoms with Gasteiger partial charge in [-0.15, -0.1) is 0 Å². The van der Waals surface area contributed by atoms with Crippen molar-refractivity contribution in [3.8, 4) is 0 Å². The van der Waals surface area contributed by atoms with Gasteiger partial charge in [0.15, 0.2) is 0 Å². The van der Waals surface area contributed by atoms with E-state index in [-0.39, 0.29) is 11.9 Å². The fourth-order valence-corrected chi connectivity index (χ4v) is 1.96. The van der Waals surface area contributed by atoms with Gasteiger partial charge in [0.1, 0.15) is 11.6 Å². The molecular formula is C13H12BrFN2. The molecule has 1 atom stereocenters. The molecule has 0 aliphatic heterocycles. The third kappa shape index (κ3) is 3.27. The van der Waals surface area contributed by atoms with Crippen LogP contribution in [-0.2, 0) is 0 Å². The van der Waals surface area contributed by atoms with Gasteiger partial charge in [-0.3, -0.25) is 0 Å². The minimum atomic E-state index is -0.328. The van der Waals surface area contributed by atoms with Gasteiger partial charge in [-0.05, 0) is 36.8 Å². The molecule has 17 heavy (non-hydrogen) atoms. The molecule has 0 aliphatic rings. The van der Waals surface area contributed by atoms with Crippen molar-refractivity contribution in [2.45, 2.75) is 13.0 Å². The molecule has 0 spiro atoms. The van der Waals surface area contributed by atoms with Gasteiger partial charge < -0.3 is 5.32 Å². The first-order chi connectivity index (χ1) is 8.15. The molecule has 4 heteroatoms. The summed E-state index contributed by atoms with van der Waals surface area (Å²) in [6.45, 7) is 2.03. The van der Waals surface area contributed by atoms with E-state index in [0.717, 1.165) is 10.0 Å². The summed E-state index contributed by atoms with van der Waals surface area (Å²) in [6.07, 6.45) is 1.20. The largest absolute Gasteiger partial charge is 0.364 e. The number of benzene rings is 1. The second-order valence-corrected chi connectivity index (χ2v) is 4.70. The summed E-state index contributed by atoms with van der Waals surface area (Å²) in [7, 11) is 0. The zero-order valence-electron chi connectivity index (χ0n) is 9.32. The third-order valence-corrected chi connectivity index (χ3v) is 2.93. The average Bonchev–Trinajstić information content (AvgIpc) is 2.32. The minimum Gasteiger partial charge on any atom is -0.364 e. The SMILES string of the molecule is CC(Nc1ccc(F)cn1)c1cccc(Br)c1. The van der Waals surface area contributed by atoms with Crippen molar-refractivity contribution in [3.63, 3.8) is 0 Å². The van der Waals surface area contributed by atoms with E-state index in [9.17, 15) is 4.39 Å². The fraction of sp³-hybridized carbons (Fsp3) is 0.154. The van der Waals surface area contributed by atoms with Crippen LogP contribution in [0.2, 0.25) is 0 Å². The van der Waals surface area contributed by atoms with Crippen LogP contribution in [0.4, 0.5) is 10.2 Å². The Hall–Kier alpha value is -1.42. The Kier molecular flexibility index (Phi) is 3.74. The van der Waals surface area contributed by atoms with Crippen LogP contribution in [0, 0.1) is 5.82 Å². The topological polar surface area (TPSA) is 24.9 Å². The van der Waals surface area contributed by atoms with Crippen molar-refractivity contribution in [1.82, 2.24) is 4.98 Å². The zero-order chi connectivity index (χ0) is 12.3. The first-order valence-electron chi connectivity index (χ1n) is 5.29. The quantitative estimate of drug-likeness (QED) is 0.919. The smallest absolute Gasteiger partial charge is 0.141 e. The molecule has 1 heterocycles. The Morgan fingerprint density at radius 3 is 2.76 bits per heavy atom. The van der Waals surface area contributed by atoms with E-state index in [2.05, 4.69) is 26.2 Å². The molecule has 88 valence electrons. The highest BCUT2D eigenvalue weighted by Gasteiger charge is 2.06. The van der Waals surface area contributed by atoms with Crippen molar-refractivity contribution in [2.75, 3.05) is 5.32 Å². The molecule has 1 aromatic heterocycles. The zero-order valence-corrected chi connectivity index (χ0v) is 10.9. The predicted molar refractivity (Wildman–Crippen MR) is 70.4 cm³/mol. The lowest BCUT2D eigenvalue weighted by Gasteiger charge is -2.15. The van der Waals surface area contributed by atoms with Crippen LogP contribution >= 0.6 is 15.9 Å². The first-order valence-corrected chi connectivity index (χ1v) is 6.08. The van der Waals surface area contributed by atoms with Crippen LogP contribution in [0.25, 0.3) is 0 Å². The number of nitrogens with zero attached hydrogens (tertiary/aromatic N) is 1. The maximum Gasteiger partial charge on any atom is 0.141 e. The standard InChI is InChI=1S/C13H12BrFN2/c1-9(10-3-2-4-11(14)7-10)17-13-6-5-12(15)8-16-13/h2-9H,1H3,(H,16,17). The summed E-state index contributed by atoms with van der Waals surface area (Å²) in [5, 5.41) is 3.21. The highest BCUT2D eigenvalue weighted by molar-refractivity contribution is 9.10. The number of nitrogens with one attached hydrogen (secondary N) is 1. The van der Waals surface area contributed by atoms with Gasteiger partial charge in [0.2, 0.25) is 0 Å². The van der Waals surface area contributed by atoms with Gasteiger partial charge in [0.25, 0.3) is 0 Å². The van der Waals surface area contributed by atoms with Crippen LogP contribution in [0.15, 0.2) is 47.1 Å².